The molecule has 2 aliphatic rings. The molecule has 1 heterocycles. The van der Waals surface area contributed by atoms with Gasteiger partial charge in [-0.05, 0) is 26.9 Å². The van der Waals surface area contributed by atoms with Crippen LogP contribution in [0.5, 0.6) is 0 Å². The highest BCUT2D eigenvalue weighted by Gasteiger charge is 2.40. The van der Waals surface area contributed by atoms with Crippen LogP contribution in [0.2, 0.25) is 5.31 Å². The van der Waals surface area contributed by atoms with Gasteiger partial charge in [0, 0.05) is 12.1 Å². The van der Waals surface area contributed by atoms with Crippen LogP contribution in [0.3, 0.4) is 0 Å². The predicted octanol–water partition coefficient (Wildman–Crippen LogP) is 0.944. The van der Waals surface area contributed by atoms with Crippen LogP contribution in [0.1, 0.15) is 32.6 Å². The van der Waals surface area contributed by atoms with Gasteiger partial charge in [0.2, 0.25) is 0 Å². The maximum atomic E-state index is 2.54. The molecule has 0 amide bonds. The second-order valence-electron chi connectivity index (χ2n) is 6.05. The molecule has 0 radical (unpaired) electrons. The van der Waals surface area contributed by atoms with Crippen LogP contribution in [0, 0.1) is 0 Å². The second kappa shape index (κ2) is 3.53. The van der Waals surface area contributed by atoms with Crippen molar-refractivity contribution in [3.05, 3.63) is 0 Å². The van der Waals surface area contributed by atoms with Gasteiger partial charge >= 0.3 is 0 Å². The van der Waals surface area contributed by atoms with Crippen molar-refractivity contribution in [3.63, 3.8) is 0 Å². The highest BCUT2D eigenvalue weighted by atomic mass is 15.4. The largest absolute Gasteiger partial charge is 0.289 e. The van der Waals surface area contributed by atoms with Gasteiger partial charge in [-0.3, -0.25) is 9.80 Å². The fraction of sp³-hybridized carbons (Fsp3) is 1.00. The van der Waals surface area contributed by atoms with Crippen LogP contribution in [0.25, 0.3) is 0 Å². The zero-order chi connectivity index (χ0) is 10.3. The molecule has 3 unspecified atom stereocenters. The fourth-order valence-electron chi connectivity index (χ4n) is 3.31. The number of hydrogen-bond donors (Lipinski definition) is 0. The molecule has 1 aliphatic carbocycles. The van der Waals surface area contributed by atoms with E-state index in [0.29, 0.717) is 5.31 Å². The van der Waals surface area contributed by atoms with E-state index in [0.717, 1.165) is 18.8 Å². The molecular formula is C11H23BN2. The van der Waals surface area contributed by atoms with Gasteiger partial charge in [-0.2, -0.15) is 0 Å². The lowest BCUT2D eigenvalue weighted by Crippen LogP contribution is -2.35. The van der Waals surface area contributed by atoms with E-state index in [4.69, 9.17) is 0 Å². The summed E-state index contributed by atoms with van der Waals surface area (Å²) in [6, 6.07) is 1.62. The first-order valence-corrected chi connectivity index (χ1v) is 5.90. The molecule has 0 aromatic heterocycles. The van der Waals surface area contributed by atoms with Crippen LogP contribution in [-0.4, -0.2) is 50.5 Å². The van der Waals surface area contributed by atoms with E-state index < -0.39 is 0 Å². The lowest BCUT2D eigenvalue weighted by atomic mass is 9.65. The number of fused-ring (bicyclic) bond motifs is 1. The molecule has 0 spiro atoms. The van der Waals surface area contributed by atoms with Crippen molar-refractivity contribution in [3.8, 4) is 0 Å². The van der Waals surface area contributed by atoms with Crippen molar-refractivity contribution in [2.45, 2.75) is 50.0 Å². The van der Waals surface area contributed by atoms with Crippen molar-refractivity contribution in [1.29, 1.82) is 0 Å². The molecule has 80 valence electrons. The monoisotopic (exact) mass is 194 g/mol. The van der Waals surface area contributed by atoms with Gasteiger partial charge in [0.05, 0.1) is 6.67 Å². The minimum atomic E-state index is 0.554. The third-order valence-corrected chi connectivity index (χ3v) is 4.14. The maximum absolute atomic E-state index is 2.54. The average molecular weight is 194 g/mol. The van der Waals surface area contributed by atoms with Gasteiger partial charge in [0.25, 0.3) is 0 Å². The Morgan fingerprint density at radius 2 is 1.86 bits per heavy atom. The topological polar surface area (TPSA) is 6.48 Å². The van der Waals surface area contributed by atoms with E-state index in [1.165, 1.54) is 25.7 Å². The van der Waals surface area contributed by atoms with E-state index >= 15 is 0 Å². The number of rotatable bonds is 0. The van der Waals surface area contributed by atoms with Crippen LogP contribution in [-0.2, 0) is 0 Å². The average Bonchev–Trinajstić information content (AvgIpc) is 2.29. The van der Waals surface area contributed by atoms with Crippen molar-refractivity contribution in [2.24, 2.45) is 0 Å². The Hall–Kier alpha value is -0.0151. The van der Waals surface area contributed by atoms with Crippen LogP contribution < -0.4 is 0 Å². The van der Waals surface area contributed by atoms with Crippen molar-refractivity contribution >= 4 is 7.85 Å². The standard InChI is InChI=1S/C11H23BN2/c1-11(12)6-4-5-9-10(7-11)14(3)8-13(9)2/h9-10H,4-8,12H2,1-3H3. The molecule has 2 fully saturated rings. The van der Waals surface area contributed by atoms with Gasteiger partial charge in [0.1, 0.15) is 7.85 Å². The number of likely N-dealkylation sites (N-methyl/N-ethyl adjacent to an activating group) is 2. The molecule has 14 heavy (non-hydrogen) atoms. The Morgan fingerprint density at radius 1 is 1.21 bits per heavy atom. The molecule has 0 aromatic rings. The van der Waals surface area contributed by atoms with Gasteiger partial charge < -0.3 is 0 Å². The zero-order valence-corrected chi connectivity index (χ0v) is 10.1. The third kappa shape index (κ3) is 1.85. The molecule has 0 bridgehead atoms. The smallest absolute Gasteiger partial charge is 0.109 e. The SMILES string of the molecule is BC1(C)CCCC2C(C1)N(C)CN2C. The molecular weight excluding hydrogens is 171 g/mol. The van der Waals surface area contributed by atoms with Gasteiger partial charge in [0.15, 0.2) is 0 Å². The zero-order valence-electron chi connectivity index (χ0n) is 10.1. The third-order valence-electron chi connectivity index (χ3n) is 4.14. The lowest BCUT2D eigenvalue weighted by Gasteiger charge is -2.29. The second-order valence-corrected chi connectivity index (χ2v) is 6.05. The van der Waals surface area contributed by atoms with Gasteiger partial charge in [-0.15, -0.1) is 0 Å². The van der Waals surface area contributed by atoms with Crippen molar-refractivity contribution < 1.29 is 0 Å². The van der Waals surface area contributed by atoms with E-state index in [-0.39, 0.29) is 0 Å². The highest BCUT2D eigenvalue weighted by Crippen LogP contribution is 2.42. The summed E-state index contributed by atoms with van der Waals surface area (Å²) in [4.78, 5) is 5.07. The number of hydrogen-bond acceptors (Lipinski definition) is 2. The van der Waals surface area contributed by atoms with Crippen LogP contribution in [0.15, 0.2) is 0 Å². The summed E-state index contributed by atoms with van der Waals surface area (Å²) >= 11 is 0. The van der Waals surface area contributed by atoms with Gasteiger partial charge in [-0.25, -0.2) is 0 Å². The molecule has 3 heteroatoms. The summed E-state index contributed by atoms with van der Waals surface area (Å²) in [6.07, 6.45) is 5.58. The summed E-state index contributed by atoms with van der Waals surface area (Å²) in [5.41, 5.74) is 0. The molecule has 1 aliphatic heterocycles. The first-order chi connectivity index (χ1) is 6.49. The normalized spacial score (nSPS) is 46.2. The molecule has 0 aromatic carbocycles. The Bertz CT molecular complexity index is 217. The number of nitrogens with zero attached hydrogens (tertiary/aromatic N) is 2. The summed E-state index contributed by atoms with van der Waals surface area (Å²) in [7, 11) is 6.99. The van der Waals surface area contributed by atoms with E-state index in [1.807, 2.05) is 0 Å². The van der Waals surface area contributed by atoms with Crippen molar-refractivity contribution in [2.75, 3.05) is 20.8 Å². The Labute approximate surface area is 89.0 Å². The lowest BCUT2D eigenvalue weighted by molar-refractivity contribution is 0.262. The summed E-state index contributed by atoms with van der Waals surface area (Å²) < 4.78 is 0. The molecule has 1 saturated carbocycles. The Morgan fingerprint density at radius 3 is 2.57 bits per heavy atom. The van der Waals surface area contributed by atoms with Crippen LogP contribution >= 0.6 is 0 Å². The maximum Gasteiger partial charge on any atom is 0.109 e. The molecule has 2 nitrogen and oxygen atoms in total. The summed E-state index contributed by atoms with van der Waals surface area (Å²) in [5.74, 6) is 0. The fourth-order valence-corrected chi connectivity index (χ4v) is 3.31. The Balaban J connectivity index is 2.14. The van der Waals surface area contributed by atoms with Gasteiger partial charge in [-0.1, -0.05) is 25.1 Å². The molecule has 0 N–H and O–H groups in total. The van der Waals surface area contributed by atoms with Crippen LogP contribution in [0.4, 0.5) is 0 Å². The molecule has 1 saturated heterocycles. The summed E-state index contributed by atoms with van der Waals surface area (Å²) in [5, 5.41) is 0.554. The summed E-state index contributed by atoms with van der Waals surface area (Å²) in [6.45, 7) is 3.59. The first kappa shape index (κ1) is 10.5. The quantitative estimate of drug-likeness (QED) is 0.529. The predicted molar refractivity (Wildman–Crippen MR) is 63.3 cm³/mol. The Kier molecular flexibility index (Phi) is 2.65. The van der Waals surface area contributed by atoms with E-state index in [1.54, 1.807) is 0 Å². The molecule has 2 rings (SSSR count). The first-order valence-electron chi connectivity index (χ1n) is 5.90. The minimum Gasteiger partial charge on any atom is -0.289 e. The van der Waals surface area contributed by atoms with E-state index in [2.05, 4.69) is 38.7 Å². The van der Waals surface area contributed by atoms with Crippen molar-refractivity contribution in [1.82, 2.24) is 9.80 Å². The highest BCUT2D eigenvalue weighted by molar-refractivity contribution is 6.14. The molecule has 3 atom stereocenters. The minimum absolute atomic E-state index is 0.554. The van der Waals surface area contributed by atoms with E-state index in [9.17, 15) is 0 Å².